The SMILES string of the molecule is O=C(O)CCCNC1NNC(=O)NC1=O. The Morgan fingerprint density at radius 2 is 2.20 bits per heavy atom. The quantitative estimate of drug-likeness (QED) is 0.343. The molecule has 1 atom stereocenters. The minimum atomic E-state index is -0.883. The van der Waals surface area contributed by atoms with Gasteiger partial charge in [-0.25, -0.2) is 10.2 Å². The van der Waals surface area contributed by atoms with Gasteiger partial charge in [-0.15, -0.1) is 0 Å². The third kappa shape index (κ3) is 3.92. The molecule has 1 fully saturated rings. The highest BCUT2D eigenvalue weighted by Crippen LogP contribution is 1.89. The minimum Gasteiger partial charge on any atom is -0.481 e. The fraction of sp³-hybridized carbons (Fsp3) is 0.571. The smallest absolute Gasteiger partial charge is 0.335 e. The molecule has 0 aliphatic carbocycles. The van der Waals surface area contributed by atoms with Crippen molar-refractivity contribution in [1.82, 2.24) is 21.5 Å². The van der Waals surface area contributed by atoms with Gasteiger partial charge in [-0.05, 0) is 13.0 Å². The van der Waals surface area contributed by atoms with E-state index in [1.807, 2.05) is 5.32 Å². The van der Waals surface area contributed by atoms with E-state index in [0.717, 1.165) is 0 Å². The van der Waals surface area contributed by atoms with E-state index >= 15 is 0 Å². The maximum atomic E-state index is 11.1. The zero-order valence-corrected chi connectivity index (χ0v) is 7.87. The number of amides is 3. The van der Waals surface area contributed by atoms with E-state index in [4.69, 9.17) is 5.11 Å². The summed E-state index contributed by atoms with van der Waals surface area (Å²) in [6.45, 7) is 0.368. The van der Waals surface area contributed by atoms with Gasteiger partial charge in [-0.2, -0.15) is 0 Å². The molecule has 0 aromatic rings. The third-order valence-electron chi connectivity index (χ3n) is 1.74. The topological polar surface area (TPSA) is 120 Å². The van der Waals surface area contributed by atoms with Crippen molar-refractivity contribution in [3.63, 3.8) is 0 Å². The summed E-state index contributed by atoms with van der Waals surface area (Å²) in [6, 6.07) is -0.608. The van der Waals surface area contributed by atoms with Crippen molar-refractivity contribution in [2.24, 2.45) is 0 Å². The van der Waals surface area contributed by atoms with Crippen LogP contribution in [0.4, 0.5) is 4.79 Å². The van der Waals surface area contributed by atoms with Crippen molar-refractivity contribution < 1.29 is 19.5 Å². The summed E-state index contributed by atoms with van der Waals surface area (Å²) < 4.78 is 0. The molecule has 8 heteroatoms. The third-order valence-corrected chi connectivity index (χ3v) is 1.74. The first-order valence-electron chi connectivity index (χ1n) is 4.41. The lowest BCUT2D eigenvalue weighted by molar-refractivity contribution is -0.137. The van der Waals surface area contributed by atoms with Crippen LogP contribution < -0.4 is 21.5 Å². The Bertz CT molecular complexity index is 280. The molecule has 5 N–H and O–H groups in total. The van der Waals surface area contributed by atoms with Crippen LogP contribution in [0.2, 0.25) is 0 Å². The second kappa shape index (κ2) is 5.27. The lowest BCUT2D eigenvalue weighted by Crippen LogP contribution is -2.67. The number of hydrogen-bond donors (Lipinski definition) is 5. The van der Waals surface area contributed by atoms with E-state index in [1.54, 1.807) is 0 Å². The highest BCUT2D eigenvalue weighted by molar-refractivity contribution is 5.98. The standard InChI is InChI=1S/C7H12N4O4/c12-4(13)2-1-3-8-5-6(14)9-7(15)11-10-5/h5,8,10H,1-3H2,(H,12,13)(H2,9,11,14,15). The lowest BCUT2D eigenvalue weighted by Gasteiger charge is -2.24. The van der Waals surface area contributed by atoms with Gasteiger partial charge in [0.1, 0.15) is 0 Å². The van der Waals surface area contributed by atoms with Crippen LogP contribution in [0.3, 0.4) is 0 Å². The zero-order chi connectivity index (χ0) is 11.3. The fourth-order valence-electron chi connectivity index (χ4n) is 1.05. The summed E-state index contributed by atoms with van der Waals surface area (Å²) in [5, 5.41) is 13.2. The number of carbonyl (C=O) groups is 3. The van der Waals surface area contributed by atoms with Gasteiger partial charge in [0, 0.05) is 6.42 Å². The largest absolute Gasteiger partial charge is 0.481 e. The van der Waals surface area contributed by atoms with Gasteiger partial charge < -0.3 is 5.11 Å². The van der Waals surface area contributed by atoms with Crippen molar-refractivity contribution in [2.75, 3.05) is 6.54 Å². The molecule has 1 saturated heterocycles. The molecule has 8 nitrogen and oxygen atoms in total. The molecule has 1 rings (SSSR count). The van der Waals surface area contributed by atoms with Gasteiger partial charge >= 0.3 is 12.0 Å². The van der Waals surface area contributed by atoms with Crippen molar-refractivity contribution in [3.05, 3.63) is 0 Å². The van der Waals surface area contributed by atoms with Crippen LogP contribution in [0.1, 0.15) is 12.8 Å². The molecule has 0 aromatic carbocycles. The number of nitrogens with one attached hydrogen (secondary N) is 4. The predicted molar refractivity (Wildman–Crippen MR) is 48.5 cm³/mol. The Balaban J connectivity index is 2.18. The summed E-state index contributed by atoms with van der Waals surface area (Å²) in [5.41, 5.74) is 4.65. The average Bonchev–Trinajstić information content (AvgIpc) is 2.14. The molecule has 1 heterocycles. The van der Waals surface area contributed by atoms with Gasteiger partial charge in [0.2, 0.25) is 0 Å². The van der Waals surface area contributed by atoms with E-state index in [-0.39, 0.29) is 6.42 Å². The number of carbonyl (C=O) groups excluding carboxylic acids is 2. The number of imide groups is 1. The van der Waals surface area contributed by atoms with Crippen LogP contribution in [0.5, 0.6) is 0 Å². The Kier molecular flexibility index (Phi) is 4.01. The number of aliphatic carboxylic acids is 1. The van der Waals surface area contributed by atoms with E-state index in [2.05, 4.69) is 16.2 Å². The molecule has 0 aromatic heterocycles. The van der Waals surface area contributed by atoms with Crippen LogP contribution in [0, 0.1) is 0 Å². The molecule has 0 spiro atoms. The molecule has 3 amide bonds. The Morgan fingerprint density at radius 3 is 2.80 bits per heavy atom. The number of urea groups is 1. The molecule has 84 valence electrons. The number of carboxylic acid groups (broad SMARTS) is 1. The number of hydrogen-bond acceptors (Lipinski definition) is 5. The van der Waals surface area contributed by atoms with Gasteiger partial charge in [-0.1, -0.05) is 0 Å². The summed E-state index contributed by atoms with van der Waals surface area (Å²) in [6.07, 6.45) is -0.279. The summed E-state index contributed by atoms with van der Waals surface area (Å²) in [4.78, 5) is 31.9. The Morgan fingerprint density at radius 1 is 1.47 bits per heavy atom. The first-order valence-corrected chi connectivity index (χ1v) is 4.41. The van der Waals surface area contributed by atoms with Gasteiger partial charge in [0.15, 0.2) is 6.17 Å². The zero-order valence-electron chi connectivity index (χ0n) is 7.87. The summed E-state index contributed by atoms with van der Waals surface area (Å²) >= 11 is 0. The van der Waals surface area contributed by atoms with Crippen molar-refractivity contribution >= 4 is 17.9 Å². The maximum Gasteiger partial charge on any atom is 0.335 e. The maximum absolute atomic E-state index is 11.1. The Labute approximate surface area is 85.4 Å². The lowest BCUT2D eigenvalue weighted by atomic mass is 10.3. The van der Waals surface area contributed by atoms with Gasteiger partial charge in [0.25, 0.3) is 5.91 Å². The highest BCUT2D eigenvalue weighted by atomic mass is 16.4. The average molecular weight is 216 g/mol. The monoisotopic (exact) mass is 216 g/mol. The molecule has 1 aliphatic heterocycles. The van der Waals surface area contributed by atoms with Crippen molar-refractivity contribution in [3.8, 4) is 0 Å². The molecule has 0 radical (unpaired) electrons. The van der Waals surface area contributed by atoms with Crippen LogP contribution in [-0.2, 0) is 9.59 Å². The van der Waals surface area contributed by atoms with E-state index in [1.165, 1.54) is 0 Å². The van der Waals surface area contributed by atoms with Crippen molar-refractivity contribution in [2.45, 2.75) is 19.0 Å². The second-order valence-corrected chi connectivity index (χ2v) is 2.97. The summed E-state index contributed by atoms with van der Waals surface area (Å²) in [5.74, 6) is -1.37. The van der Waals surface area contributed by atoms with Crippen LogP contribution in [-0.4, -0.2) is 35.7 Å². The van der Waals surface area contributed by atoms with Gasteiger partial charge in [0.05, 0.1) is 0 Å². The fourth-order valence-corrected chi connectivity index (χ4v) is 1.05. The van der Waals surface area contributed by atoms with E-state index in [0.29, 0.717) is 13.0 Å². The molecule has 1 unspecified atom stereocenters. The van der Waals surface area contributed by atoms with Crippen LogP contribution in [0.25, 0.3) is 0 Å². The predicted octanol–water partition coefficient (Wildman–Crippen LogP) is -1.89. The number of hydrazine groups is 1. The molecule has 0 bridgehead atoms. The second-order valence-electron chi connectivity index (χ2n) is 2.97. The highest BCUT2D eigenvalue weighted by Gasteiger charge is 2.24. The normalized spacial score (nSPS) is 20.7. The van der Waals surface area contributed by atoms with E-state index in [9.17, 15) is 14.4 Å². The first kappa shape index (κ1) is 11.4. The molecular weight excluding hydrogens is 204 g/mol. The molecule has 1 aliphatic rings. The molecule has 0 saturated carbocycles. The van der Waals surface area contributed by atoms with E-state index < -0.39 is 24.1 Å². The molecule has 15 heavy (non-hydrogen) atoms. The first-order chi connectivity index (χ1) is 7.09. The molecular formula is C7H12N4O4. The van der Waals surface area contributed by atoms with Crippen molar-refractivity contribution in [1.29, 1.82) is 0 Å². The summed E-state index contributed by atoms with van der Waals surface area (Å²) in [7, 11) is 0. The van der Waals surface area contributed by atoms with Crippen LogP contribution in [0.15, 0.2) is 0 Å². The van der Waals surface area contributed by atoms with Gasteiger partial charge in [-0.3, -0.25) is 25.6 Å². The Hall–Kier alpha value is -1.67. The number of rotatable bonds is 5. The minimum absolute atomic E-state index is 0.0354. The number of carboxylic acids is 1. The van der Waals surface area contributed by atoms with Crippen LogP contribution >= 0.6 is 0 Å².